The van der Waals surface area contributed by atoms with Crippen molar-refractivity contribution in [3.05, 3.63) is 43.8 Å². The van der Waals surface area contributed by atoms with Crippen LogP contribution in [0.25, 0.3) is 5.57 Å². The van der Waals surface area contributed by atoms with Crippen LogP contribution < -0.4 is 9.80 Å². The molecule has 0 saturated heterocycles. The lowest BCUT2D eigenvalue weighted by Crippen LogP contribution is -3.14. The van der Waals surface area contributed by atoms with Crippen molar-refractivity contribution in [3.63, 3.8) is 0 Å². The van der Waals surface area contributed by atoms with Crippen LogP contribution in [0.5, 0.6) is 0 Å². The fourth-order valence-corrected chi connectivity index (χ4v) is 4.49. The number of aromatic nitrogens is 1. The van der Waals surface area contributed by atoms with Gasteiger partial charge in [0.15, 0.2) is 0 Å². The number of hydrogen-bond acceptors (Lipinski definition) is 1. The Balaban J connectivity index is 1.93. The molecule has 1 saturated carbocycles. The van der Waals surface area contributed by atoms with Gasteiger partial charge in [-0.1, -0.05) is 12.8 Å². The Morgan fingerprint density at radius 2 is 2.00 bits per heavy atom. The maximum absolute atomic E-state index is 4.33. The van der Waals surface area contributed by atoms with Crippen molar-refractivity contribution in [2.24, 2.45) is 5.41 Å². The molecular weight excluding hydrogens is 234 g/mol. The normalized spacial score (nSPS) is 31.7. The van der Waals surface area contributed by atoms with Crippen molar-refractivity contribution in [3.8, 4) is 0 Å². The molecule has 3 nitrogen and oxygen atoms in total. The molecule has 1 aromatic heterocycles. The molecule has 1 spiro atoms. The van der Waals surface area contributed by atoms with Crippen LogP contribution in [-0.2, 0) is 0 Å². The van der Waals surface area contributed by atoms with Crippen LogP contribution in [0, 0.1) is 19.5 Å². The fourth-order valence-electron chi connectivity index (χ4n) is 4.49. The lowest BCUT2D eigenvalue weighted by molar-refractivity contribution is -0.878. The Hall–Kier alpha value is -1.19. The summed E-state index contributed by atoms with van der Waals surface area (Å²) in [6, 6.07) is 2.19. The molecule has 1 aromatic rings. The first-order valence-electron chi connectivity index (χ1n) is 7.26. The molecular formula is C16H21N3. The average molecular weight is 255 g/mol. The van der Waals surface area contributed by atoms with E-state index < -0.39 is 0 Å². The van der Waals surface area contributed by atoms with Gasteiger partial charge in [0.1, 0.15) is 17.9 Å². The van der Waals surface area contributed by atoms with Crippen LogP contribution in [0.15, 0.2) is 24.2 Å². The molecule has 0 bridgehead atoms. The molecule has 2 aliphatic heterocycles. The number of nitrogens with zero attached hydrogens (tertiary/aromatic N) is 1. The standard InChI is InChI=1S/C16H21N3/c1-18-10-14-15(16(11-18)6-3-4-7-16)12-5-8-17-9-13(12)19(14)2/h5,8-9,18-19H,1-4,6-7,10-11H2. The molecule has 0 aromatic carbocycles. The molecule has 3 heteroatoms. The summed E-state index contributed by atoms with van der Waals surface area (Å²) in [4.78, 5) is 6.88. The average Bonchev–Trinajstić information content (AvgIpc) is 2.96. The van der Waals surface area contributed by atoms with E-state index in [4.69, 9.17) is 0 Å². The zero-order chi connectivity index (χ0) is 13.0. The summed E-state index contributed by atoms with van der Waals surface area (Å²) in [6.45, 7) is 2.20. The molecule has 1 fully saturated rings. The maximum Gasteiger partial charge on any atom is 0.144 e. The van der Waals surface area contributed by atoms with E-state index in [2.05, 4.69) is 25.1 Å². The van der Waals surface area contributed by atoms with Gasteiger partial charge in [0, 0.05) is 22.7 Å². The minimum absolute atomic E-state index is 0.361. The second kappa shape index (κ2) is 3.90. The van der Waals surface area contributed by atoms with Crippen molar-refractivity contribution in [2.45, 2.75) is 25.7 Å². The molecule has 1 aliphatic carbocycles. The number of fused-ring (bicyclic) bond motifs is 3. The van der Waals surface area contributed by atoms with Crippen LogP contribution in [-0.4, -0.2) is 18.1 Å². The molecule has 2 atom stereocenters. The SMILES string of the molecule is [CH2-][NH+]1CC2=C(c3ccncc3[NH+]2[CH2-])C2(CCCC2)C1. The summed E-state index contributed by atoms with van der Waals surface area (Å²) >= 11 is 0. The van der Waals surface area contributed by atoms with E-state index in [1.54, 1.807) is 5.57 Å². The number of hydrogen-bond donors (Lipinski definition) is 2. The van der Waals surface area contributed by atoms with Gasteiger partial charge in [-0.2, -0.15) is 7.05 Å². The van der Waals surface area contributed by atoms with Gasteiger partial charge in [-0.05, 0) is 18.9 Å². The lowest BCUT2D eigenvalue weighted by Gasteiger charge is -2.40. The van der Waals surface area contributed by atoms with Crippen molar-refractivity contribution in [2.75, 3.05) is 13.1 Å². The zero-order valence-electron chi connectivity index (χ0n) is 11.3. The van der Waals surface area contributed by atoms with Gasteiger partial charge in [-0.3, -0.25) is 4.98 Å². The Labute approximate surface area is 114 Å². The summed E-state index contributed by atoms with van der Waals surface area (Å²) in [5.74, 6) is 0. The largest absolute Gasteiger partial charge is 0.459 e. The van der Waals surface area contributed by atoms with E-state index in [1.807, 2.05) is 12.4 Å². The van der Waals surface area contributed by atoms with Gasteiger partial charge in [0.2, 0.25) is 0 Å². The van der Waals surface area contributed by atoms with E-state index in [-0.39, 0.29) is 0 Å². The highest BCUT2D eigenvalue weighted by Gasteiger charge is 2.50. The molecule has 0 amide bonds. The molecule has 2 unspecified atom stereocenters. The molecule has 4 rings (SSSR count). The third kappa shape index (κ3) is 1.49. The Morgan fingerprint density at radius 1 is 1.21 bits per heavy atom. The van der Waals surface area contributed by atoms with Gasteiger partial charge in [-0.15, -0.1) is 7.05 Å². The second-order valence-corrected chi connectivity index (χ2v) is 6.34. The first-order chi connectivity index (χ1) is 9.21. The first-order valence-corrected chi connectivity index (χ1v) is 7.26. The molecule has 3 aliphatic rings. The molecule has 0 radical (unpaired) electrons. The van der Waals surface area contributed by atoms with Crippen LogP contribution >= 0.6 is 0 Å². The topological polar surface area (TPSA) is 21.8 Å². The minimum Gasteiger partial charge on any atom is -0.459 e. The molecule has 3 heterocycles. The summed E-state index contributed by atoms with van der Waals surface area (Å²) in [6.07, 6.45) is 9.27. The zero-order valence-corrected chi connectivity index (χ0v) is 11.3. The number of nitrogens with one attached hydrogen (secondary N) is 2. The van der Waals surface area contributed by atoms with Gasteiger partial charge in [0.05, 0.1) is 12.7 Å². The highest BCUT2D eigenvalue weighted by molar-refractivity contribution is 5.81. The monoisotopic (exact) mass is 255 g/mol. The van der Waals surface area contributed by atoms with Crippen molar-refractivity contribution in [1.82, 2.24) is 4.98 Å². The Morgan fingerprint density at radius 3 is 2.79 bits per heavy atom. The smallest absolute Gasteiger partial charge is 0.144 e. The number of quaternary nitrogens is 2. The number of pyridine rings is 1. The quantitative estimate of drug-likeness (QED) is 0.642. The molecule has 2 N–H and O–H groups in total. The van der Waals surface area contributed by atoms with Gasteiger partial charge in [0.25, 0.3) is 0 Å². The summed E-state index contributed by atoms with van der Waals surface area (Å²) in [5.41, 5.74) is 6.08. The third-order valence-electron chi connectivity index (χ3n) is 5.19. The van der Waals surface area contributed by atoms with E-state index in [0.717, 1.165) is 6.54 Å². The predicted molar refractivity (Wildman–Crippen MR) is 74.1 cm³/mol. The summed E-state index contributed by atoms with van der Waals surface area (Å²) in [7, 11) is 8.63. The number of rotatable bonds is 0. The van der Waals surface area contributed by atoms with Crippen LogP contribution in [0.3, 0.4) is 0 Å². The van der Waals surface area contributed by atoms with E-state index in [9.17, 15) is 0 Å². The van der Waals surface area contributed by atoms with Crippen molar-refractivity contribution < 1.29 is 9.80 Å². The van der Waals surface area contributed by atoms with Gasteiger partial charge >= 0.3 is 0 Å². The first kappa shape index (κ1) is 11.6. The Bertz CT molecular complexity index is 555. The third-order valence-corrected chi connectivity index (χ3v) is 5.19. The van der Waals surface area contributed by atoms with E-state index in [0.29, 0.717) is 5.41 Å². The van der Waals surface area contributed by atoms with Crippen LogP contribution in [0.4, 0.5) is 5.69 Å². The Kier molecular flexibility index (Phi) is 2.39. The predicted octanol–water partition coefficient (Wildman–Crippen LogP) is 0.365. The van der Waals surface area contributed by atoms with Crippen LogP contribution in [0.2, 0.25) is 0 Å². The summed E-state index contributed by atoms with van der Waals surface area (Å²) in [5, 5.41) is 0. The van der Waals surface area contributed by atoms with E-state index >= 15 is 0 Å². The second-order valence-electron chi connectivity index (χ2n) is 6.34. The van der Waals surface area contributed by atoms with Gasteiger partial charge in [-0.25, -0.2) is 0 Å². The summed E-state index contributed by atoms with van der Waals surface area (Å²) < 4.78 is 0. The van der Waals surface area contributed by atoms with Gasteiger partial charge < -0.3 is 9.80 Å². The van der Waals surface area contributed by atoms with Crippen molar-refractivity contribution in [1.29, 1.82) is 0 Å². The molecule has 100 valence electrons. The van der Waals surface area contributed by atoms with E-state index in [1.165, 1.54) is 59.0 Å². The molecule has 19 heavy (non-hydrogen) atoms. The maximum atomic E-state index is 4.33. The fraction of sp³-hybridized carbons (Fsp3) is 0.438. The minimum atomic E-state index is 0.361. The highest BCUT2D eigenvalue weighted by atomic mass is 15.2. The lowest BCUT2D eigenvalue weighted by atomic mass is 9.73. The van der Waals surface area contributed by atoms with Crippen molar-refractivity contribution >= 4 is 11.3 Å². The van der Waals surface area contributed by atoms with Crippen LogP contribution in [0.1, 0.15) is 31.2 Å². The highest BCUT2D eigenvalue weighted by Crippen LogP contribution is 2.51.